The van der Waals surface area contributed by atoms with Crippen LogP contribution in [0, 0.1) is 20.8 Å². The van der Waals surface area contributed by atoms with Crippen LogP contribution in [0.4, 0.5) is 0 Å². The molecule has 2 aromatic rings. The summed E-state index contributed by atoms with van der Waals surface area (Å²) in [7, 11) is -1.03. The molecule has 0 fully saturated rings. The Kier molecular flexibility index (Phi) is 5.60. The lowest BCUT2D eigenvalue weighted by atomic mass is 9.95. The highest BCUT2D eigenvalue weighted by atomic mass is 32.2. The predicted octanol–water partition coefficient (Wildman–Crippen LogP) is 2.83. The molecule has 1 heterocycles. The number of hydrogen-bond acceptors (Lipinski definition) is 5. The average molecular weight is 419 g/mol. The lowest BCUT2D eigenvalue weighted by Crippen LogP contribution is -2.48. The first kappa shape index (κ1) is 21.1. The fourth-order valence-electron chi connectivity index (χ4n) is 4.04. The van der Waals surface area contributed by atoms with Gasteiger partial charge in [0.25, 0.3) is 0 Å². The van der Waals surface area contributed by atoms with Crippen molar-refractivity contribution in [1.29, 1.82) is 0 Å². The van der Waals surface area contributed by atoms with Crippen LogP contribution >= 0.6 is 0 Å². The van der Waals surface area contributed by atoms with Gasteiger partial charge in [-0.15, -0.1) is 0 Å². The summed E-state index contributed by atoms with van der Waals surface area (Å²) in [6.45, 7) is 5.30. The van der Waals surface area contributed by atoms with Gasteiger partial charge in [0.05, 0.1) is 19.1 Å². The molecule has 0 amide bonds. The van der Waals surface area contributed by atoms with Crippen LogP contribution in [0.15, 0.2) is 29.2 Å². The Balaban J connectivity index is 2.15. The molecule has 156 valence electrons. The molecule has 2 aromatic carbocycles. The minimum atomic E-state index is -4.03. The van der Waals surface area contributed by atoms with E-state index in [9.17, 15) is 18.3 Å². The molecule has 0 bridgehead atoms. The number of hydrogen-bond donors (Lipinski definition) is 1. The number of ether oxygens (including phenoxy) is 2. The third-order valence-corrected chi connectivity index (χ3v) is 7.41. The summed E-state index contributed by atoms with van der Waals surface area (Å²) in [6, 6.07) is 5.81. The maximum absolute atomic E-state index is 13.5. The SMILES string of the molecule is COc1cc2c(cc1OC)CN(S(=O)(=O)c1c(C)cc(C)cc1C)[C@@H](C(=O)O)C2. The number of fused-ring (bicyclic) bond motifs is 1. The first-order chi connectivity index (χ1) is 13.6. The molecular weight excluding hydrogens is 394 g/mol. The van der Waals surface area contributed by atoms with E-state index in [0.717, 1.165) is 15.4 Å². The summed E-state index contributed by atoms with van der Waals surface area (Å²) < 4.78 is 38.8. The van der Waals surface area contributed by atoms with E-state index in [1.165, 1.54) is 14.2 Å². The minimum absolute atomic E-state index is 0.0498. The van der Waals surface area contributed by atoms with Crippen molar-refractivity contribution in [2.24, 2.45) is 0 Å². The zero-order chi connectivity index (χ0) is 21.5. The number of methoxy groups -OCH3 is 2. The van der Waals surface area contributed by atoms with E-state index in [-0.39, 0.29) is 17.9 Å². The molecule has 3 rings (SSSR count). The van der Waals surface area contributed by atoms with Gasteiger partial charge in [0, 0.05) is 13.0 Å². The summed E-state index contributed by atoms with van der Waals surface area (Å²) >= 11 is 0. The van der Waals surface area contributed by atoms with Crippen molar-refractivity contribution in [2.75, 3.05) is 14.2 Å². The smallest absolute Gasteiger partial charge is 0.322 e. The van der Waals surface area contributed by atoms with Gasteiger partial charge in [-0.3, -0.25) is 4.79 Å². The standard InChI is InChI=1S/C21H25NO6S/c1-12-6-13(2)20(14(3)7-12)29(25,26)22-11-16-10-19(28-5)18(27-4)9-15(16)8-17(22)21(23)24/h6-7,9-10,17H,8,11H2,1-5H3,(H,23,24)/t17-/m1/s1. The molecule has 0 aromatic heterocycles. The second kappa shape index (κ2) is 7.68. The molecule has 1 aliphatic rings. The molecule has 29 heavy (non-hydrogen) atoms. The molecule has 8 heteroatoms. The van der Waals surface area contributed by atoms with Crippen LogP contribution in [0.1, 0.15) is 27.8 Å². The van der Waals surface area contributed by atoms with Crippen LogP contribution in [0.5, 0.6) is 11.5 Å². The number of rotatable bonds is 5. The second-order valence-electron chi connectivity index (χ2n) is 7.31. The van der Waals surface area contributed by atoms with E-state index in [1.807, 2.05) is 6.92 Å². The van der Waals surface area contributed by atoms with E-state index in [4.69, 9.17) is 9.47 Å². The first-order valence-electron chi connectivity index (χ1n) is 9.16. The zero-order valence-electron chi connectivity index (χ0n) is 17.1. The molecular formula is C21H25NO6S. The van der Waals surface area contributed by atoms with E-state index in [0.29, 0.717) is 28.2 Å². The number of nitrogens with zero attached hydrogens (tertiary/aromatic N) is 1. The molecule has 1 atom stereocenters. The topological polar surface area (TPSA) is 93.1 Å². The van der Waals surface area contributed by atoms with Crippen LogP contribution < -0.4 is 9.47 Å². The number of carboxylic acid groups (broad SMARTS) is 1. The monoisotopic (exact) mass is 419 g/mol. The van der Waals surface area contributed by atoms with Gasteiger partial charge >= 0.3 is 5.97 Å². The highest BCUT2D eigenvalue weighted by Crippen LogP contribution is 2.37. The van der Waals surface area contributed by atoms with Gasteiger partial charge in [0.2, 0.25) is 10.0 Å². The Morgan fingerprint density at radius 2 is 1.52 bits per heavy atom. The first-order valence-corrected chi connectivity index (χ1v) is 10.6. The number of carboxylic acids is 1. The van der Waals surface area contributed by atoms with Crippen molar-refractivity contribution in [3.05, 3.63) is 52.1 Å². The van der Waals surface area contributed by atoms with Crippen LogP contribution in [0.25, 0.3) is 0 Å². The normalized spacial score (nSPS) is 16.9. The largest absolute Gasteiger partial charge is 0.493 e. The Morgan fingerprint density at radius 3 is 2.00 bits per heavy atom. The Bertz CT molecular complexity index is 1050. The summed E-state index contributed by atoms with van der Waals surface area (Å²) in [4.78, 5) is 12.2. The summed E-state index contributed by atoms with van der Waals surface area (Å²) in [5.41, 5.74) is 3.59. The highest BCUT2D eigenvalue weighted by molar-refractivity contribution is 7.89. The minimum Gasteiger partial charge on any atom is -0.493 e. The maximum atomic E-state index is 13.5. The van der Waals surface area contributed by atoms with Crippen molar-refractivity contribution in [2.45, 2.75) is 44.7 Å². The summed E-state index contributed by atoms with van der Waals surface area (Å²) in [6.07, 6.45) is 0.0498. The Hall–Kier alpha value is -2.58. The highest BCUT2D eigenvalue weighted by Gasteiger charge is 2.41. The molecule has 1 aliphatic heterocycles. The van der Waals surface area contributed by atoms with Gasteiger partial charge in [-0.25, -0.2) is 8.42 Å². The number of sulfonamides is 1. The van der Waals surface area contributed by atoms with Crippen molar-refractivity contribution < 1.29 is 27.8 Å². The zero-order valence-corrected chi connectivity index (χ0v) is 18.0. The van der Waals surface area contributed by atoms with Gasteiger partial charge in [-0.2, -0.15) is 4.31 Å². The van der Waals surface area contributed by atoms with Crippen LogP contribution in [-0.4, -0.2) is 44.1 Å². The van der Waals surface area contributed by atoms with E-state index in [2.05, 4.69) is 0 Å². The molecule has 1 N–H and O–H groups in total. The van der Waals surface area contributed by atoms with Gasteiger partial charge < -0.3 is 14.6 Å². The van der Waals surface area contributed by atoms with Crippen molar-refractivity contribution in [3.63, 3.8) is 0 Å². The Morgan fingerprint density at radius 1 is 1.00 bits per heavy atom. The summed E-state index contributed by atoms with van der Waals surface area (Å²) in [5, 5.41) is 9.79. The predicted molar refractivity (Wildman–Crippen MR) is 108 cm³/mol. The van der Waals surface area contributed by atoms with Crippen LogP contribution in [0.3, 0.4) is 0 Å². The molecule has 0 unspecified atom stereocenters. The van der Waals surface area contributed by atoms with Gasteiger partial charge in [-0.1, -0.05) is 17.7 Å². The lowest BCUT2D eigenvalue weighted by molar-refractivity contribution is -0.141. The molecule has 0 radical (unpaired) electrons. The van der Waals surface area contributed by atoms with Crippen LogP contribution in [-0.2, 0) is 27.8 Å². The molecule has 0 saturated carbocycles. The lowest BCUT2D eigenvalue weighted by Gasteiger charge is -2.34. The average Bonchev–Trinajstić information content (AvgIpc) is 2.64. The van der Waals surface area contributed by atoms with E-state index in [1.54, 1.807) is 38.1 Å². The fourth-order valence-corrected chi connectivity index (χ4v) is 6.02. The van der Waals surface area contributed by atoms with E-state index < -0.39 is 22.0 Å². The van der Waals surface area contributed by atoms with Crippen LogP contribution in [0.2, 0.25) is 0 Å². The quantitative estimate of drug-likeness (QED) is 0.801. The Labute approximate surface area is 170 Å². The fraction of sp³-hybridized carbons (Fsp3) is 0.381. The second-order valence-corrected chi connectivity index (χ2v) is 9.14. The van der Waals surface area contributed by atoms with Gasteiger partial charge in [-0.05, 0) is 55.2 Å². The molecule has 0 spiro atoms. The third kappa shape index (κ3) is 3.70. The third-order valence-electron chi connectivity index (χ3n) is 5.25. The van der Waals surface area contributed by atoms with Crippen molar-refractivity contribution in [1.82, 2.24) is 4.31 Å². The molecule has 0 saturated heterocycles. The van der Waals surface area contributed by atoms with Gasteiger partial charge in [0.1, 0.15) is 6.04 Å². The number of carbonyl (C=O) groups is 1. The number of benzene rings is 2. The van der Waals surface area contributed by atoms with Crippen molar-refractivity contribution >= 4 is 16.0 Å². The maximum Gasteiger partial charge on any atom is 0.322 e. The van der Waals surface area contributed by atoms with E-state index >= 15 is 0 Å². The van der Waals surface area contributed by atoms with Gasteiger partial charge in [0.15, 0.2) is 11.5 Å². The number of aryl methyl sites for hydroxylation is 3. The molecule has 0 aliphatic carbocycles. The summed E-state index contributed by atoms with van der Waals surface area (Å²) in [5.74, 6) is -0.228. The molecule has 7 nitrogen and oxygen atoms in total. The number of aliphatic carboxylic acids is 1. The van der Waals surface area contributed by atoms with Crippen molar-refractivity contribution in [3.8, 4) is 11.5 Å².